The zero-order chi connectivity index (χ0) is 20.5. The summed E-state index contributed by atoms with van der Waals surface area (Å²) in [4.78, 5) is 18.7. The van der Waals surface area contributed by atoms with Crippen LogP contribution < -0.4 is 5.32 Å². The van der Waals surface area contributed by atoms with Crippen molar-refractivity contribution < 1.29 is 9.32 Å². The first-order valence-electron chi connectivity index (χ1n) is 9.69. The third kappa shape index (κ3) is 4.58. The molecule has 1 aliphatic heterocycles. The Labute approximate surface area is 166 Å². The third-order valence-electron chi connectivity index (χ3n) is 4.62. The van der Waals surface area contributed by atoms with Gasteiger partial charge >= 0.3 is 0 Å². The number of amides is 1. The van der Waals surface area contributed by atoms with E-state index in [-0.39, 0.29) is 23.3 Å². The van der Waals surface area contributed by atoms with Gasteiger partial charge in [0, 0.05) is 48.6 Å². The van der Waals surface area contributed by atoms with E-state index in [1.807, 2.05) is 23.1 Å². The van der Waals surface area contributed by atoms with E-state index in [2.05, 4.69) is 50.1 Å². The number of aromatic nitrogens is 2. The van der Waals surface area contributed by atoms with Crippen molar-refractivity contribution in [2.75, 3.05) is 18.4 Å². The van der Waals surface area contributed by atoms with Crippen LogP contribution in [0.2, 0.25) is 0 Å². The molecule has 0 unspecified atom stereocenters. The van der Waals surface area contributed by atoms with Crippen molar-refractivity contribution in [3.05, 3.63) is 29.6 Å². The Morgan fingerprint density at radius 3 is 2.71 bits per heavy atom. The normalized spacial score (nSPS) is 14.9. The molecule has 1 aromatic heterocycles. The molecule has 0 atom stereocenters. The average Bonchev–Trinajstić information content (AvgIpc) is 3.00. The van der Waals surface area contributed by atoms with Crippen molar-refractivity contribution in [1.82, 2.24) is 15.0 Å². The first-order chi connectivity index (χ1) is 13.2. The maximum absolute atomic E-state index is 12.3. The van der Waals surface area contributed by atoms with E-state index >= 15 is 0 Å². The summed E-state index contributed by atoms with van der Waals surface area (Å²) in [5, 5.41) is 15.0. The lowest BCUT2D eigenvalue weighted by atomic mass is 9.89. The minimum Gasteiger partial charge on any atom is -0.382 e. The second kappa shape index (κ2) is 7.73. The summed E-state index contributed by atoms with van der Waals surface area (Å²) in [6.45, 7) is 11.6. The van der Waals surface area contributed by atoms with Gasteiger partial charge in [-0.15, -0.1) is 0 Å². The summed E-state index contributed by atoms with van der Waals surface area (Å²) in [6.07, 6.45) is 1.87. The number of carbonyl (C=O) groups excluding carboxylic acids is 1. The number of benzene rings is 1. The smallest absolute Gasteiger partial charge is 0.258 e. The SMILES string of the molecule is CC(C)Nc1cc(-c2nc(C3CN(C(=O)CC(C)(C)C)C3)no2)ccc1C=N. The van der Waals surface area contributed by atoms with Gasteiger partial charge in [-0.1, -0.05) is 32.0 Å². The molecule has 2 N–H and O–H groups in total. The minimum atomic E-state index is -0.00809. The van der Waals surface area contributed by atoms with E-state index in [1.165, 1.54) is 6.21 Å². The quantitative estimate of drug-likeness (QED) is 0.737. The van der Waals surface area contributed by atoms with Gasteiger partial charge in [-0.2, -0.15) is 4.98 Å². The lowest BCUT2D eigenvalue weighted by molar-refractivity contribution is -0.137. The fourth-order valence-corrected chi connectivity index (χ4v) is 3.18. The molecule has 1 amide bonds. The summed E-state index contributed by atoms with van der Waals surface area (Å²) in [7, 11) is 0. The highest BCUT2D eigenvalue weighted by Gasteiger charge is 2.36. The standard InChI is InChI=1S/C21H29N5O2/c1-13(2)23-17-8-14(6-7-15(17)10-22)20-24-19(25-28-20)16-11-26(12-16)18(27)9-21(3,4)5/h6-8,10,13,16,22-23H,9,11-12H2,1-5H3. The van der Waals surface area contributed by atoms with Crippen molar-refractivity contribution in [1.29, 1.82) is 5.41 Å². The number of anilines is 1. The van der Waals surface area contributed by atoms with Crippen LogP contribution in [-0.4, -0.2) is 46.3 Å². The van der Waals surface area contributed by atoms with Crippen molar-refractivity contribution in [3.63, 3.8) is 0 Å². The summed E-state index contributed by atoms with van der Waals surface area (Å²) in [5.41, 5.74) is 2.48. The van der Waals surface area contributed by atoms with Crippen LogP contribution >= 0.6 is 0 Å². The van der Waals surface area contributed by atoms with Crippen LogP contribution in [0.5, 0.6) is 0 Å². The van der Waals surface area contributed by atoms with Gasteiger partial charge < -0.3 is 20.1 Å². The van der Waals surface area contributed by atoms with Crippen LogP contribution in [-0.2, 0) is 4.79 Å². The molecule has 1 aliphatic rings. The van der Waals surface area contributed by atoms with Gasteiger partial charge in [0.25, 0.3) is 5.89 Å². The molecule has 150 valence electrons. The van der Waals surface area contributed by atoms with Crippen molar-refractivity contribution in [3.8, 4) is 11.5 Å². The Morgan fingerprint density at radius 1 is 1.39 bits per heavy atom. The number of likely N-dealkylation sites (tertiary alicyclic amines) is 1. The molecular formula is C21H29N5O2. The van der Waals surface area contributed by atoms with E-state index in [9.17, 15) is 4.79 Å². The third-order valence-corrected chi connectivity index (χ3v) is 4.62. The largest absolute Gasteiger partial charge is 0.382 e. The summed E-state index contributed by atoms with van der Waals surface area (Å²) < 4.78 is 5.47. The maximum Gasteiger partial charge on any atom is 0.258 e. The molecule has 2 aromatic rings. The fraction of sp³-hybridized carbons (Fsp3) is 0.524. The molecule has 2 heterocycles. The van der Waals surface area contributed by atoms with Gasteiger partial charge in [-0.05, 0) is 31.4 Å². The number of rotatable bonds is 6. The van der Waals surface area contributed by atoms with E-state index in [0.717, 1.165) is 16.8 Å². The summed E-state index contributed by atoms with van der Waals surface area (Å²) >= 11 is 0. The summed E-state index contributed by atoms with van der Waals surface area (Å²) in [6, 6.07) is 5.92. The van der Waals surface area contributed by atoms with Gasteiger partial charge in [-0.25, -0.2) is 0 Å². The molecule has 3 rings (SSSR count). The number of nitrogens with one attached hydrogen (secondary N) is 2. The topological polar surface area (TPSA) is 95.1 Å². The molecule has 28 heavy (non-hydrogen) atoms. The summed E-state index contributed by atoms with van der Waals surface area (Å²) in [5.74, 6) is 1.40. The van der Waals surface area contributed by atoms with Crippen LogP contribution in [0.3, 0.4) is 0 Å². The van der Waals surface area contributed by atoms with Crippen molar-refractivity contribution in [2.45, 2.75) is 53.0 Å². The monoisotopic (exact) mass is 383 g/mol. The van der Waals surface area contributed by atoms with Gasteiger partial charge in [0.1, 0.15) is 0 Å². The molecule has 0 radical (unpaired) electrons. The van der Waals surface area contributed by atoms with Crippen LogP contribution in [0.25, 0.3) is 11.5 Å². The van der Waals surface area contributed by atoms with Crippen LogP contribution in [0.4, 0.5) is 5.69 Å². The van der Waals surface area contributed by atoms with E-state index in [1.54, 1.807) is 0 Å². The Bertz CT molecular complexity index is 860. The molecule has 7 heteroatoms. The van der Waals surface area contributed by atoms with E-state index in [0.29, 0.717) is 31.2 Å². The van der Waals surface area contributed by atoms with Gasteiger partial charge in [0.15, 0.2) is 5.82 Å². The lowest BCUT2D eigenvalue weighted by Crippen LogP contribution is -2.49. The minimum absolute atomic E-state index is 0.00809. The molecule has 1 fully saturated rings. The molecular weight excluding hydrogens is 354 g/mol. The number of hydrogen-bond acceptors (Lipinski definition) is 6. The van der Waals surface area contributed by atoms with Crippen LogP contribution in [0, 0.1) is 10.8 Å². The molecule has 7 nitrogen and oxygen atoms in total. The van der Waals surface area contributed by atoms with Crippen LogP contribution in [0.1, 0.15) is 58.3 Å². The Kier molecular flexibility index (Phi) is 5.54. The zero-order valence-corrected chi connectivity index (χ0v) is 17.2. The highest BCUT2D eigenvalue weighted by atomic mass is 16.5. The van der Waals surface area contributed by atoms with Crippen LogP contribution in [0.15, 0.2) is 22.7 Å². The van der Waals surface area contributed by atoms with E-state index < -0.39 is 0 Å². The number of carbonyl (C=O) groups is 1. The molecule has 0 aliphatic carbocycles. The molecule has 1 aromatic carbocycles. The fourth-order valence-electron chi connectivity index (χ4n) is 3.18. The van der Waals surface area contributed by atoms with E-state index in [4.69, 9.17) is 9.93 Å². The van der Waals surface area contributed by atoms with Gasteiger partial charge in [0.05, 0.1) is 5.92 Å². The van der Waals surface area contributed by atoms with Crippen molar-refractivity contribution in [2.24, 2.45) is 5.41 Å². The Morgan fingerprint density at radius 2 is 2.11 bits per heavy atom. The zero-order valence-electron chi connectivity index (χ0n) is 17.2. The average molecular weight is 383 g/mol. The second-order valence-electron chi connectivity index (χ2n) is 8.94. The second-order valence-corrected chi connectivity index (χ2v) is 8.94. The molecule has 0 saturated carbocycles. The molecule has 0 spiro atoms. The Hall–Kier alpha value is -2.70. The van der Waals surface area contributed by atoms with Gasteiger partial charge in [0.2, 0.25) is 5.91 Å². The number of hydrogen-bond donors (Lipinski definition) is 2. The number of nitrogens with zero attached hydrogens (tertiary/aromatic N) is 3. The predicted octanol–water partition coefficient (Wildman–Crippen LogP) is 3.92. The first-order valence-corrected chi connectivity index (χ1v) is 9.69. The first kappa shape index (κ1) is 20.0. The predicted molar refractivity (Wildman–Crippen MR) is 110 cm³/mol. The maximum atomic E-state index is 12.3. The highest BCUT2D eigenvalue weighted by Crippen LogP contribution is 2.31. The van der Waals surface area contributed by atoms with Crippen molar-refractivity contribution >= 4 is 17.8 Å². The van der Waals surface area contributed by atoms with Gasteiger partial charge in [-0.3, -0.25) is 4.79 Å². The lowest BCUT2D eigenvalue weighted by Gasteiger charge is -2.38. The molecule has 1 saturated heterocycles. The Balaban J connectivity index is 1.68. The molecule has 0 bridgehead atoms. The highest BCUT2D eigenvalue weighted by molar-refractivity contribution is 5.87.